The molecule has 4 heterocycles. The average molecular weight is 311 g/mol. The lowest BCUT2D eigenvalue weighted by Gasteiger charge is -2.14. The van der Waals surface area contributed by atoms with Gasteiger partial charge >= 0.3 is 5.97 Å². The summed E-state index contributed by atoms with van der Waals surface area (Å²) in [5.41, 5.74) is 3.99. The molecule has 0 unspecified atom stereocenters. The second-order valence-electron chi connectivity index (χ2n) is 5.55. The van der Waals surface area contributed by atoms with E-state index >= 15 is 0 Å². The van der Waals surface area contributed by atoms with Gasteiger partial charge in [-0.15, -0.1) is 0 Å². The van der Waals surface area contributed by atoms with Crippen molar-refractivity contribution in [1.29, 1.82) is 0 Å². The molecule has 0 spiro atoms. The largest absolute Gasteiger partial charge is 0.462 e. The molecular formula is C16H17N5O2. The molecule has 23 heavy (non-hydrogen) atoms. The third-order valence-electron chi connectivity index (χ3n) is 4.20. The summed E-state index contributed by atoms with van der Waals surface area (Å²) >= 11 is 0. The number of ether oxygens (including phenoxy) is 1. The van der Waals surface area contributed by atoms with Crippen molar-refractivity contribution >= 4 is 17.0 Å². The van der Waals surface area contributed by atoms with Crippen molar-refractivity contribution < 1.29 is 9.53 Å². The van der Waals surface area contributed by atoms with Gasteiger partial charge in [0.25, 0.3) is 0 Å². The van der Waals surface area contributed by atoms with E-state index in [0.717, 1.165) is 37.1 Å². The molecule has 0 saturated carbocycles. The molecular weight excluding hydrogens is 294 g/mol. The van der Waals surface area contributed by atoms with E-state index < -0.39 is 0 Å². The highest BCUT2D eigenvalue weighted by Crippen LogP contribution is 2.32. The van der Waals surface area contributed by atoms with Crippen molar-refractivity contribution in [2.45, 2.75) is 32.7 Å². The minimum absolute atomic E-state index is 0.331. The Hall–Kier alpha value is -2.70. The summed E-state index contributed by atoms with van der Waals surface area (Å²) in [6, 6.07) is 0. The van der Waals surface area contributed by atoms with Gasteiger partial charge in [0.1, 0.15) is 12.0 Å². The minimum atomic E-state index is -0.365. The van der Waals surface area contributed by atoms with E-state index in [2.05, 4.69) is 20.1 Å². The Morgan fingerprint density at radius 2 is 2.30 bits per heavy atom. The van der Waals surface area contributed by atoms with E-state index in [-0.39, 0.29) is 5.97 Å². The van der Waals surface area contributed by atoms with Crippen LogP contribution in [0, 0.1) is 0 Å². The molecule has 0 radical (unpaired) electrons. The molecule has 3 aromatic rings. The molecule has 0 atom stereocenters. The SMILES string of the molecule is CCOC(=O)c1c[nH]c2ncnc(-c3cnn4c3CCCC4)c12. The number of H-pyrrole nitrogens is 1. The number of aryl methyl sites for hydroxylation is 1. The van der Waals surface area contributed by atoms with Gasteiger partial charge < -0.3 is 9.72 Å². The number of aromatic nitrogens is 5. The van der Waals surface area contributed by atoms with Gasteiger partial charge in [-0.25, -0.2) is 14.8 Å². The maximum atomic E-state index is 12.2. The lowest BCUT2D eigenvalue weighted by molar-refractivity contribution is 0.0528. The Bertz CT molecular complexity index is 880. The van der Waals surface area contributed by atoms with Gasteiger partial charge in [-0.2, -0.15) is 5.10 Å². The molecule has 0 saturated heterocycles. The topological polar surface area (TPSA) is 85.7 Å². The van der Waals surface area contributed by atoms with Crippen LogP contribution in [0.2, 0.25) is 0 Å². The summed E-state index contributed by atoms with van der Waals surface area (Å²) in [5, 5.41) is 5.17. The van der Waals surface area contributed by atoms with Crippen molar-refractivity contribution in [3.63, 3.8) is 0 Å². The molecule has 3 aromatic heterocycles. The summed E-state index contributed by atoms with van der Waals surface area (Å²) in [5.74, 6) is -0.365. The van der Waals surface area contributed by atoms with Crippen molar-refractivity contribution in [3.05, 3.63) is 30.0 Å². The molecule has 0 amide bonds. The number of carbonyl (C=O) groups is 1. The van der Waals surface area contributed by atoms with Crippen LogP contribution in [0.3, 0.4) is 0 Å². The molecule has 0 fully saturated rings. The van der Waals surface area contributed by atoms with Crippen molar-refractivity contribution in [2.75, 3.05) is 6.61 Å². The molecule has 0 aliphatic carbocycles. The highest BCUT2D eigenvalue weighted by molar-refractivity contribution is 6.08. The first-order chi connectivity index (χ1) is 11.3. The molecule has 0 aromatic carbocycles. The number of esters is 1. The zero-order chi connectivity index (χ0) is 15.8. The van der Waals surface area contributed by atoms with Crippen LogP contribution in [0.5, 0.6) is 0 Å². The van der Waals surface area contributed by atoms with Gasteiger partial charge in [0.2, 0.25) is 0 Å². The maximum absolute atomic E-state index is 12.2. The third-order valence-corrected chi connectivity index (χ3v) is 4.20. The first-order valence-electron chi connectivity index (χ1n) is 7.84. The molecule has 118 valence electrons. The second kappa shape index (κ2) is 5.49. The van der Waals surface area contributed by atoms with E-state index in [1.54, 1.807) is 13.1 Å². The summed E-state index contributed by atoms with van der Waals surface area (Å²) in [4.78, 5) is 23.9. The summed E-state index contributed by atoms with van der Waals surface area (Å²) in [7, 11) is 0. The number of hydrogen-bond acceptors (Lipinski definition) is 5. The Kier molecular flexibility index (Phi) is 3.33. The van der Waals surface area contributed by atoms with Crippen LogP contribution < -0.4 is 0 Å². The monoisotopic (exact) mass is 311 g/mol. The normalized spacial score (nSPS) is 14.0. The Morgan fingerprint density at radius 1 is 1.39 bits per heavy atom. The highest BCUT2D eigenvalue weighted by Gasteiger charge is 2.23. The lowest BCUT2D eigenvalue weighted by atomic mass is 10.0. The smallest absolute Gasteiger partial charge is 0.340 e. The van der Waals surface area contributed by atoms with Gasteiger partial charge in [0.15, 0.2) is 0 Å². The van der Waals surface area contributed by atoms with Gasteiger partial charge in [-0.05, 0) is 26.2 Å². The fourth-order valence-corrected chi connectivity index (χ4v) is 3.16. The van der Waals surface area contributed by atoms with Crippen LogP contribution >= 0.6 is 0 Å². The van der Waals surface area contributed by atoms with Crippen molar-refractivity contribution in [1.82, 2.24) is 24.7 Å². The van der Waals surface area contributed by atoms with Crippen LogP contribution in [0.4, 0.5) is 0 Å². The molecule has 7 heteroatoms. The van der Waals surface area contributed by atoms with Crippen LogP contribution in [0.1, 0.15) is 35.8 Å². The standard InChI is InChI=1S/C16H17N5O2/c1-2-23-16(22)11-7-17-15-13(11)14(18-9-19-15)10-8-20-21-6-4-3-5-12(10)21/h7-9H,2-6H2,1H3,(H,17,18,19). The number of aromatic amines is 1. The first-order valence-corrected chi connectivity index (χ1v) is 7.84. The van der Waals surface area contributed by atoms with Gasteiger partial charge in [-0.1, -0.05) is 0 Å². The molecule has 0 bridgehead atoms. The molecule has 4 rings (SSSR count). The zero-order valence-corrected chi connectivity index (χ0v) is 12.9. The highest BCUT2D eigenvalue weighted by atomic mass is 16.5. The summed E-state index contributed by atoms with van der Waals surface area (Å²) < 4.78 is 7.18. The Labute approximate surface area is 132 Å². The van der Waals surface area contributed by atoms with E-state index in [1.807, 2.05) is 10.9 Å². The fraction of sp³-hybridized carbons (Fsp3) is 0.375. The molecule has 7 nitrogen and oxygen atoms in total. The van der Waals surface area contributed by atoms with Gasteiger partial charge in [-0.3, -0.25) is 4.68 Å². The Balaban J connectivity index is 1.92. The lowest BCUT2D eigenvalue weighted by Crippen LogP contribution is -2.11. The molecule has 1 aliphatic rings. The average Bonchev–Trinajstić information content (AvgIpc) is 3.19. The number of nitrogens with zero attached hydrogens (tertiary/aromatic N) is 4. The van der Waals surface area contributed by atoms with Crippen molar-refractivity contribution in [2.24, 2.45) is 0 Å². The van der Waals surface area contributed by atoms with Crippen LogP contribution in [0.15, 0.2) is 18.7 Å². The number of nitrogens with one attached hydrogen (secondary N) is 1. The Morgan fingerprint density at radius 3 is 3.17 bits per heavy atom. The van der Waals surface area contributed by atoms with Crippen LogP contribution in [-0.2, 0) is 17.7 Å². The number of rotatable bonds is 3. The molecule has 1 N–H and O–H groups in total. The number of fused-ring (bicyclic) bond motifs is 2. The quantitative estimate of drug-likeness (QED) is 0.750. The minimum Gasteiger partial charge on any atom is -0.462 e. The molecule has 1 aliphatic heterocycles. The number of carbonyl (C=O) groups excluding carboxylic acids is 1. The zero-order valence-electron chi connectivity index (χ0n) is 12.9. The third kappa shape index (κ3) is 2.19. The summed E-state index contributed by atoms with van der Waals surface area (Å²) in [6.45, 7) is 3.05. The maximum Gasteiger partial charge on any atom is 0.340 e. The first kappa shape index (κ1) is 13.9. The van der Waals surface area contributed by atoms with Gasteiger partial charge in [0.05, 0.1) is 29.4 Å². The summed E-state index contributed by atoms with van der Waals surface area (Å²) in [6.07, 6.45) is 8.24. The van der Waals surface area contributed by atoms with Crippen LogP contribution in [0.25, 0.3) is 22.3 Å². The van der Waals surface area contributed by atoms with Crippen molar-refractivity contribution in [3.8, 4) is 11.3 Å². The van der Waals surface area contributed by atoms with E-state index in [1.165, 1.54) is 12.0 Å². The van der Waals surface area contributed by atoms with E-state index in [9.17, 15) is 4.79 Å². The van der Waals surface area contributed by atoms with Gasteiger partial charge in [0, 0.05) is 24.0 Å². The van der Waals surface area contributed by atoms with Crippen LogP contribution in [-0.4, -0.2) is 37.3 Å². The predicted molar refractivity (Wildman–Crippen MR) is 84.0 cm³/mol. The number of hydrogen-bond donors (Lipinski definition) is 1. The second-order valence-corrected chi connectivity index (χ2v) is 5.55. The van der Waals surface area contributed by atoms with E-state index in [0.29, 0.717) is 23.2 Å². The van der Waals surface area contributed by atoms with E-state index in [4.69, 9.17) is 4.74 Å². The fourth-order valence-electron chi connectivity index (χ4n) is 3.16. The predicted octanol–water partition coefficient (Wildman–Crippen LogP) is 2.33.